The Morgan fingerprint density at radius 2 is 1.73 bits per heavy atom. The molecule has 3 aromatic carbocycles. The van der Waals surface area contributed by atoms with Crippen LogP contribution in [0.5, 0.6) is 0 Å². The van der Waals surface area contributed by atoms with Crippen LogP contribution in [0.3, 0.4) is 0 Å². The average Bonchev–Trinajstić information content (AvgIpc) is 3.45. The van der Waals surface area contributed by atoms with Crippen LogP contribution in [0.25, 0.3) is 0 Å². The van der Waals surface area contributed by atoms with E-state index in [4.69, 9.17) is 16.3 Å². The third-order valence-corrected chi connectivity index (χ3v) is 8.21. The summed E-state index contributed by atoms with van der Waals surface area (Å²) in [5.41, 5.74) is -1.47. The fraction of sp³-hybridized carbons (Fsp3) is 0.259. The molecule has 0 radical (unpaired) electrons. The lowest BCUT2D eigenvalue weighted by molar-refractivity contribution is -0.137. The van der Waals surface area contributed by atoms with Gasteiger partial charge in [0.2, 0.25) is 5.91 Å². The molecule has 1 heterocycles. The zero-order valence-corrected chi connectivity index (χ0v) is 22.5. The van der Waals surface area contributed by atoms with Crippen molar-refractivity contribution in [3.05, 3.63) is 88.9 Å². The van der Waals surface area contributed by atoms with Crippen LogP contribution in [0.4, 0.5) is 24.5 Å². The summed E-state index contributed by atoms with van der Waals surface area (Å²) in [5.74, 6) is -1.39. The van der Waals surface area contributed by atoms with E-state index in [9.17, 15) is 31.2 Å². The maximum absolute atomic E-state index is 13.6. The second-order valence-electron chi connectivity index (χ2n) is 8.93. The summed E-state index contributed by atoms with van der Waals surface area (Å²) < 4.78 is 73.5. The summed E-state index contributed by atoms with van der Waals surface area (Å²) in [7, 11) is -4.54. The number of rotatable bonds is 9. The van der Waals surface area contributed by atoms with Crippen LogP contribution in [0.15, 0.2) is 77.7 Å². The molecule has 4 rings (SSSR count). The van der Waals surface area contributed by atoms with Crippen molar-refractivity contribution in [3.8, 4) is 0 Å². The number of carbonyl (C=O) groups is 2. The van der Waals surface area contributed by atoms with Gasteiger partial charge in [-0.3, -0.25) is 13.9 Å². The van der Waals surface area contributed by atoms with Gasteiger partial charge in [0, 0.05) is 13.2 Å². The Balaban J connectivity index is 1.63. The van der Waals surface area contributed by atoms with Crippen molar-refractivity contribution in [1.82, 2.24) is 5.32 Å². The molecule has 0 aromatic heterocycles. The Kier molecular flexibility index (Phi) is 9.02. The highest BCUT2D eigenvalue weighted by Gasteiger charge is 2.34. The highest BCUT2D eigenvalue weighted by Crippen LogP contribution is 2.37. The molecular formula is C27H25ClF3N3O5S. The molecule has 1 saturated heterocycles. The Labute approximate surface area is 234 Å². The Morgan fingerprint density at radius 3 is 2.40 bits per heavy atom. The standard InChI is InChI=1S/C27H25ClF3N3O5S/c28-22-13-12-18(27(29,30)31)15-24(22)34(40(37,38)20-8-2-1-3-9-20)17-25(35)33-23-11-5-4-10-21(23)26(36)32-16-19-7-6-14-39-19/h1-5,8-13,15,19H,6-7,14,16-17H2,(H,32,36)(H,33,35)/t19-/m1/s1. The normalized spacial score (nSPS) is 15.4. The SMILES string of the molecule is O=C(CN(c1cc(C(F)(F)F)ccc1Cl)S(=O)(=O)c1ccccc1)Nc1ccccc1C(=O)NC[C@H]1CCCO1. The van der Waals surface area contributed by atoms with Crippen molar-refractivity contribution < 1.29 is 35.9 Å². The molecule has 1 atom stereocenters. The van der Waals surface area contributed by atoms with Gasteiger partial charge in [0.25, 0.3) is 15.9 Å². The molecule has 1 fully saturated rings. The van der Waals surface area contributed by atoms with E-state index in [1.165, 1.54) is 36.4 Å². The largest absolute Gasteiger partial charge is 0.416 e. The van der Waals surface area contributed by atoms with Crippen molar-refractivity contribution >= 4 is 44.8 Å². The fourth-order valence-corrected chi connectivity index (χ4v) is 5.84. The minimum atomic E-state index is -4.79. The number of hydrogen-bond donors (Lipinski definition) is 2. The Bertz CT molecular complexity index is 1480. The van der Waals surface area contributed by atoms with Crippen molar-refractivity contribution in [2.24, 2.45) is 0 Å². The number of nitrogens with one attached hydrogen (secondary N) is 2. The molecule has 2 N–H and O–H groups in total. The summed E-state index contributed by atoms with van der Waals surface area (Å²) in [6.07, 6.45) is -3.20. The smallest absolute Gasteiger partial charge is 0.376 e. The summed E-state index contributed by atoms with van der Waals surface area (Å²) >= 11 is 6.17. The van der Waals surface area contributed by atoms with E-state index in [0.29, 0.717) is 23.0 Å². The number of ether oxygens (including phenoxy) is 1. The summed E-state index contributed by atoms with van der Waals surface area (Å²) in [5, 5.41) is 4.94. The summed E-state index contributed by atoms with van der Waals surface area (Å²) in [6, 6.07) is 15.2. The number of alkyl halides is 3. The number of halogens is 4. The van der Waals surface area contributed by atoms with Gasteiger partial charge in [0.15, 0.2) is 0 Å². The van der Waals surface area contributed by atoms with Crippen LogP contribution in [0.2, 0.25) is 5.02 Å². The molecule has 40 heavy (non-hydrogen) atoms. The van der Waals surface area contributed by atoms with Gasteiger partial charge in [0.1, 0.15) is 6.54 Å². The predicted molar refractivity (Wildman–Crippen MR) is 144 cm³/mol. The van der Waals surface area contributed by atoms with Crippen LogP contribution in [-0.4, -0.2) is 46.0 Å². The van der Waals surface area contributed by atoms with E-state index >= 15 is 0 Å². The van der Waals surface area contributed by atoms with Gasteiger partial charge >= 0.3 is 6.18 Å². The van der Waals surface area contributed by atoms with E-state index in [1.54, 1.807) is 18.2 Å². The molecule has 0 aliphatic carbocycles. The highest BCUT2D eigenvalue weighted by molar-refractivity contribution is 7.92. The Morgan fingerprint density at radius 1 is 1.02 bits per heavy atom. The molecule has 1 aliphatic heterocycles. The second-order valence-corrected chi connectivity index (χ2v) is 11.2. The third-order valence-electron chi connectivity index (χ3n) is 6.12. The van der Waals surface area contributed by atoms with Crippen molar-refractivity contribution in [3.63, 3.8) is 0 Å². The van der Waals surface area contributed by atoms with E-state index < -0.39 is 45.8 Å². The first-order valence-electron chi connectivity index (χ1n) is 12.2. The summed E-state index contributed by atoms with van der Waals surface area (Å²) in [6.45, 7) is -0.0339. The lowest BCUT2D eigenvalue weighted by Gasteiger charge is -2.26. The molecule has 13 heteroatoms. The van der Waals surface area contributed by atoms with E-state index in [0.717, 1.165) is 18.9 Å². The van der Waals surface area contributed by atoms with Crippen molar-refractivity contribution in [1.29, 1.82) is 0 Å². The maximum Gasteiger partial charge on any atom is 0.416 e. The van der Waals surface area contributed by atoms with Crippen LogP contribution in [0, 0.1) is 0 Å². The second kappa shape index (κ2) is 12.3. The molecule has 1 aliphatic rings. The third kappa shape index (κ3) is 6.93. The first kappa shape index (κ1) is 29.4. The number of hydrogen-bond acceptors (Lipinski definition) is 5. The van der Waals surface area contributed by atoms with Gasteiger partial charge < -0.3 is 15.4 Å². The maximum atomic E-state index is 13.6. The molecule has 0 saturated carbocycles. The zero-order chi connectivity index (χ0) is 28.9. The van der Waals surface area contributed by atoms with E-state index in [1.807, 2.05) is 0 Å². The van der Waals surface area contributed by atoms with Crippen LogP contribution < -0.4 is 14.9 Å². The number of anilines is 2. The molecule has 0 spiro atoms. The van der Waals surface area contributed by atoms with Gasteiger partial charge in [0.05, 0.1) is 38.5 Å². The first-order valence-corrected chi connectivity index (χ1v) is 14.0. The molecular weight excluding hydrogens is 571 g/mol. The lowest BCUT2D eigenvalue weighted by Crippen LogP contribution is -2.39. The monoisotopic (exact) mass is 595 g/mol. The minimum Gasteiger partial charge on any atom is -0.376 e. The quantitative estimate of drug-likeness (QED) is 0.358. The molecule has 2 amide bonds. The van der Waals surface area contributed by atoms with Gasteiger partial charge in [-0.25, -0.2) is 8.42 Å². The molecule has 8 nitrogen and oxygen atoms in total. The van der Waals surface area contributed by atoms with Gasteiger partial charge in [-0.05, 0) is 55.3 Å². The number of amides is 2. The number of para-hydroxylation sites is 1. The Hall–Kier alpha value is -3.61. The molecule has 212 valence electrons. The lowest BCUT2D eigenvalue weighted by atomic mass is 10.1. The van der Waals surface area contributed by atoms with Gasteiger partial charge in [-0.2, -0.15) is 13.2 Å². The van der Waals surface area contributed by atoms with E-state index in [2.05, 4.69) is 10.6 Å². The van der Waals surface area contributed by atoms with E-state index in [-0.39, 0.29) is 33.8 Å². The van der Waals surface area contributed by atoms with Crippen LogP contribution >= 0.6 is 11.6 Å². The number of sulfonamides is 1. The van der Waals surface area contributed by atoms with Crippen LogP contribution in [0.1, 0.15) is 28.8 Å². The average molecular weight is 596 g/mol. The minimum absolute atomic E-state index is 0.0875. The number of nitrogens with zero attached hydrogens (tertiary/aromatic N) is 1. The highest BCUT2D eigenvalue weighted by atomic mass is 35.5. The van der Waals surface area contributed by atoms with Crippen molar-refractivity contribution in [2.45, 2.75) is 30.0 Å². The molecule has 0 bridgehead atoms. The molecule has 0 unspecified atom stereocenters. The van der Waals surface area contributed by atoms with Gasteiger partial charge in [-0.1, -0.05) is 41.9 Å². The van der Waals surface area contributed by atoms with Crippen LogP contribution in [-0.2, 0) is 25.7 Å². The number of carbonyl (C=O) groups excluding carboxylic acids is 2. The number of benzene rings is 3. The zero-order valence-electron chi connectivity index (χ0n) is 20.9. The molecule has 3 aromatic rings. The first-order chi connectivity index (χ1) is 19.0. The summed E-state index contributed by atoms with van der Waals surface area (Å²) in [4.78, 5) is 25.7. The van der Waals surface area contributed by atoms with Gasteiger partial charge in [-0.15, -0.1) is 0 Å². The van der Waals surface area contributed by atoms with Crippen molar-refractivity contribution in [2.75, 3.05) is 29.3 Å². The topological polar surface area (TPSA) is 105 Å². The fourth-order valence-electron chi connectivity index (χ4n) is 4.12. The predicted octanol–water partition coefficient (Wildman–Crippen LogP) is 5.10.